The Balaban J connectivity index is 2.43. The standard InChI is InChI=1S/C65H115N3O15/c1-42(2)25-19-15-14-17-21-31-60(77)81-52-36-50(69)35-51(70)37-55(72)43(3)27-23-29-47(7)61(46(6)26-20-16-12-13-18-22-34-68-64(66-10)67-11)82-63(79)48(8)30-24-28-44(4)56(73)40-57(74)49(9)54(71)33-32-45(5)59(76)41-65(80)62(78)58(75)39-53(38-52)83-65/h12-13,23-24,27-30,42,44-47,49-59,61-62,69-76,78,80H,14-22,25-26,31-41H2,1-11H3,(H2,66,67,68)/b13-12+,28-24+,29-23+,43-27+,48-30+/t44-,45-,46-,47+,49-,50+,51+,52-,53-,54+,55-,56-,57-,58+,59-,61-,62-,65+/m0/s1. The Labute approximate surface area is 498 Å². The highest BCUT2D eigenvalue weighted by Crippen LogP contribution is 2.36. The molecule has 1 fully saturated rings. The van der Waals surface area contributed by atoms with Crippen LogP contribution in [-0.2, 0) is 23.8 Å². The molecule has 12 N–H and O–H groups in total. The number of carbonyl (C=O) groups is 2. The van der Waals surface area contributed by atoms with E-state index in [1.165, 1.54) is 0 Å². The minimum atomic E-state index is -2.43. The molecule has 0 aromatic rings. The van der Waals surface area contributed by atoms with Gasteiger partial charge in [-0.05, 0) is 95.0 Å². The number of nitrogens with one attached hydrogen (secondary N) is 2. The Morgan fingerprint density at radius 1 is 0.735 bits per heavy atom. The highest BCUT2D eigenvalue weighted by Gasteiger charge is 2.50. The first-order chi connectivity index (χ1) is 39.2. The van der Waals surface area contributed by atoms with Gasteiger partial charge >= 0.3 is 11.9 Å². The molecule has 1 saturated heterocycles. The van der Waals surface area contributed by atoms with Crippen molar-refractivity contribution in [3.05, 3.63) is 59.8 Å². The third kappa shape index (κ3) is 30.1. The number of hydrogen-bond acceptors (Lipinski definition) is 16. The van der Waals surface area contributed by atoms with Gasteiger partial charge in [-0.25, -0.2) is 4.79 Å². The van der Waals surface area contributed by atoms with Gasteiger partial charge in [-0.1, -0.05) is 129 Å². The predicted octanol–water partition coefficient (Wildman–Crippen LogP) is 7.54. The summed E-state index contributed by atoms with van der Waals surface area (Å²) in [5.41, 5.74) is 0.893. The quantitative estimate of drug-likeness (QED) is 0.0207. The van der Waals surface area contributed by atoms with E-state index in [4.69, 9.17) is 14.2 Å². The van der Waals surface area contributed by atoms with Crippen LogP contribution in [0, 0.1) is 35.5 Å². The zero-order chi connectivity index (χ0) is 62.2. The van der Waals surface area contributed by atoms with Crippen molar-refractivity contribution in [2.24, 2.45) is 40.5 Å². The molecule has 2 rings (SSSR count). The highest BCUT2D eigenvalue weighted by molar-refractivity contribution is 5.88. The zero-order valence-corrected chi connectivity index (χ0v) is 52.5. The van der Waals surface area contributed by atoms with Crippen molar-refractivity contribution in [2.45, 2.75) is 276 Å². The number of ether oxygens (including phenoxy) is 3. The van der Waals surface area contributed by atoms with E-state index in [-0.39, 0.29) is 69.6 Å². The van der Waals surface area contributed by atoms with Crippen molar-refractivity contribution in [2.75, 3.05) is 20.6 Å². The van der Waals surface area contributed by atoms with Crippen molar-refractivity contribution in [3.63, 3.8) is 0 Å². The third-order valence-corrected chi connectivity index (χ3v) is 16.8. The molecule has 2 heterocycles. The Morgan fingerprint density at radius 2 is 1.37 bits per heavy atom. The first-order valence-electron chi connectivity index (χ1n) is 31.4. The molecule has 0 amide bonds. The maximum absolute atomic E-state index is 13.7. The average Bonchev–Trinajstić information content (AvgIpc) is 3.60. The number of cyclic esters (lactones) is 1. The number of carbonyl (C=O) groups excluding carboxylic acids is 2. The van der Waals surface area contributed by atoms with Crippen LogP contribution in [0.2, 0.25) is 0 Å². The third-order valence-electron chi connectivity index (χ3n) is 16.8. The SMILES string of the molecule is CN=C(NC)NCCC/C=C/CCC[C@H](C)[C@@H]1OC(=O)/C(C)=C/C=C/[C@H](C)[C@@H](O)C[C@H](O)[C@@H](C)[C@H](O)CC[C@H](C)[C@@H](O)C[C@@]2(O)O[C@@H](C[C@@H](OC(=O)CCCCCCCC(C)C)C[C@H](O)C[C@@H](O)C[C@H](O)/C(C)=C/C=C/[C@H]1C)C[C@@H](O)[C@@H]2O. The van der Waals surface area contributed by atoms with Crippen LogP contribution in [0.4, 0.5) is 0 Å². The summed E-state index contributed by atoms with van der Waals surface area (Å²) in [6.45, 7) is 17.8. The molecule has 2 aliphatic heterocycles. The fourth-order valence-corrected chi connectivity index (χ4v) is 10.9. The Kier molecular flexibility index (Phi) is 37.1. The van der Waals surface area contributed by atoms with Crippen LogP contribution in [-0.4, -0.2) is 169 Å². The second-order valence-corrected chi connectivity index (χ2v) is 24.9. The number of hydrogen-bond donors (Lipinski definition) is 12. The number of esters is 2. The minimum Gasteiger partial charge on any atom is -0.462 e. The molecule has 0 aliphatic carbocycles. The molecule has 0 spiro atoms. The lowest BCUT2D eigenvalue weighted by molar-refractivity contribution is -0.333. The van der Waals surface area contributed by atoms with E-state index in [0.717, 1.165) is 76.7 Å². The molecule has 0 aromatic carbocycles. The van der Waals surface area contributed by atoms with E-state index in [1.54, 1.807) is 72.0 Å². The van der Waals surface area contributed by atoms with Crippen LogP contribution in [0.25, 0.3) is 0 Å². The van der Waals surface area contributed by atoms with Gasteiger partial charge < -0.3 is 75.9 Å². The lowest BCUT2D eigenvalue weighted by Crippen LogP contribution is -2.60. The maximum atomic E-state index is 13.7. The summed E-state index contributed by atoms with van der Waals surface area (Å²) >= 11 is 0. The number of allylic oxidation sites excluding steroid dienone is 6. The summed E-state index contributed by atoms with van der Waals surface area (Å²) in [6, 6.07) is 0. The van der Waals surface area contributed by atoms with E-state index in [0.29, 0.717) is 23.5 Å². The first kappa shape index (κ1) is 75.6. The van der Waals surface area contributed by atoms with Gasteiger partial charge in [0, 0.05) is 88.9 Å². The largest absolute Gasteiger partial charge is 0.462 e. The number of rotatable bonds is 18. The van der Waals surface area contributed by atoms with E-state index in [9.17, 15) is 60.7 Å². The molecule has 480 valence electrons. The van der Waals surface area contributed by atoms with Crippen molar-refractivity contribution in [1.82, 2.24) is 10.6 Å². The number of aliphatic imine (C=N–C) groups is 1. The van der Waals surface area contributed by atoms with Crippen molar-refractivity contribution >= 4 is 17.9 Å². The summed E-state index contributed by atoms with van der Waals surface area (Å²) in [5.74, 6) is -4.00. The van der Waals surface area contributed by atoms with Gasteiger partial charge in [0.15, 0.2) is 11.7 Å². The summed E-state index contributed by atoms with van der Waals surface area (Å²) in [4.78, 5) is 31.2. The van der Waals surface area contributed by atoms with Gasteiger partial charge in [-0.2, -0.15) is 0 Å². The van der Waals surface area contributed by atoms with Gasteiger partial charge in [-0.3, -0.25) is 9.79 Å². The molecule has 18 heteroatoms. The van der Waals surface area contributed by atoms with Crippen LogP contribution in [0.1, 0.15) is 197 Å². The molecule has 18 nitrogen and oxygen atoms in total. The maximum Gasteiger partial charge on any atom is 0.334 e. The van der Waals surface area contributed by atoms with Gasteiger partial charge in [0.25, 0.3) is 0 Å². The number of aliphatic hydroxyl groups is 10. The summed E-state index contributed by atoms with van der Waals surface area (Å²) < 4.78 is 18.3. The molecule has 18 atom stereocenters. The summed E-state index contributed by atoms with van der Waals surface area (Å²) in [5, 5.41) is 119. The second kappa shape index (κ2) is 40.8. The van der Waals surface area contributed by atoms with Crippen LogP contribution >= 0.6 is 0 Å². The topological polar surface area (TPSA) is 301 Å². The monoisotopic (exact) mass is 1180 g/mol. The molecule has 2 aliphatic rings. The van der Waals surface area contributed by atoms with Crippen LogP contribution in [0.5, 0.6) is 0 Å². The van der Waals surface area contributed by atoms with E-state index < -0.39 is 115 Å². The molecule has 83 heavy (non-hydrogen) atoms. The summed E-state index contributed by atoms with van der Waals surface area (Å²) in [7, 11) is 3.55. The zero-order valence-electron chi connectivity index (χ0n) is 52.5. The fraction of sp³-hybridized carbons (Fsp3) is 0.800. The minimum absolute atomic E-state index is 0.0327. The molecule has 0 unspecified atom stereocenters. The Morgan fingerprint density at radius 3 is 2.05 bits per heavy atom. The molecule has 0 radical (unpaired) electrons. The van der Waals surface area contributed by atoms with Crippen molar-refractivity contribution < 1.29 is 74.9 Å². The van der Waals surface area contributed by atoms with Crippen LogP contribution < -0.4 is 10.6 Å². The number of fused-ring (bicyclic) bond motifs is 2. The van der Waals surface area contributed by atoms with Crippen LogP contribution in [0.3, 0.4) is 0 Å². The number of guanidine groups is 1. The fourth-order valence-electron chi connectivity index (χ4n) is 10.9. The Bertz CT molecular complexity index is 2000. The molecule has 0 saturated carbocycles. The molecule has 0 aromatic heterocycles. The van der Waals surface area contributed by atoms with E-state index in [2.05, 4.69) is 48.5 Å². The van der Waals surface area contributed by atoms with Gasteiger partial charge in [0.05, 0.1) is 54.9 Å². The Hall–Kier alpha value is -3.53. The second-order valence-electron chi connectivity index (χ2n) is 24.9. The van der Waals surface area contributed by atoms with Gasteiger partial charge in [0.2, 0.25) is 0 Å². The average molecular weight is 1180 g/mol. The van der Waals surface area contributed by atoms with Crippen molar-refractivity contribution in [3.8, 4) is 0 Å². The lowest BCUT2D eigenvalue weighted by atomic mass is 9.84. The normalized spacial score (nSPS) is 35.9. The number of aliphatic hydroxyl groups excluding tert-OH is 9. The highest BCUT2D eigenvalue weighted by atomic mass is 16.7. The van der Waals surface area contributed by atoms with E-state index >= 15 is 0 Å². The number of unbranched alkanes of at least 4 members (excludes halogenated alkanes) is 6. The van der Waals surface area contributed by atoms with Crippen molar-refractivity contribution in [1.29, 1.82) is 0 Å². The van der Waals surface area contributed by atoms with E-state index in [1.807, 2.05) is 20.0 Å². The smallest absolute Gasteiger partial charge is 0.334 e. The number of nitrogens with zero attached hydrogens (tertiary/aromatic N) is 1. The lowest BCUT2D eigenvalue weighted by Gasteiger charge is -2.45. The molecule has 2 bridgehead atoms. The molecular weight excluding hydrogens is 1060 g/mol. The summed E-state index contributed by atoms with van der Waals surface area (Å²) in [6.07, 6.45) is 10.5. The first-order valence-corrected chi connectivity index (χ1v) is 31.4. The van der Waals surface area contributed by atoms with Gasteiger partial charge in [-0.15, -0.1) is 0 Å². The predicted molar refractivity (Wildman–Crippen MR) is 327 cm³/mol. The van der Waals surface area contributed by atoms with Gasteiger partial charge in [0.1, 0.15) is 18.3 Å². The van der Waals surface area contributed by atoms with Crippen LogP contribution in [0.15, 0.2) is 64.7 Å². The molecular formula is C65H115N3O15.